The first kappa shape index (κ1) is 19.3. The second kappa shape index (κ2) is 7.92. The normalized spacial score (nSPS) is 17.9. The summed E-state index contributed by atoms with van der Waals surface area (Å²) < 4.78 is 32.1. The van der Waals surface area contributed by atoms with Gasteiger partial charge in [0, 0.05) is 49.6 Å². The van der Waals surface area contributed by atoms with Crippen molar-refractivity contribution in [2.45, 2.75) is 31.3 Å². The number of aryl methyl sites for hydroxylation is 2. The fraction of sp³-hybridized carbons (Fsp3) is 0.667. The summed E-state index contributed by atoms with van der Waals surface area (Å²) in [5.74, 6) is -0.0492. The Morgan fingerprint density at radius 2 is 1.96 bits per heavy atom. The molecule has 2 N–H and O–H groups in total. The predicted octanol–water partition coefficient (Wildman–Crippen LogP) is 0.562. The lowest BCUT2D eigenvalue weighted by Crippen LogP contribution is -2.51. The van der Waals surface area contributed by atoms with E-state index in [4.69, 9.17) is 10.5 Å². The molecule has 1 aromatic heterocycles. The third kappa shape index (κ3) is 4.15. The second-order valence-corrected chi connectivity index (χ2v) is 9.23. The van der Waals surface area contributed by atoms with Gasteiger partial charge in [-0.2, -0.15) is 4.31 Å². The van der Waals surface area contributed by atoms with Crippen LogP contribution in [-0.4, -0.2) is 69.5 Å². The number of nitrogens with zero attached hydrogens (tertiary/aromatic N) is 2. The zero-order valence-corrected chi connectivity index (χ0v) is 16.0. The monoisotopic (exact) mass is 375 g/mol. The molecule has 1 aliphatic rings. The number of hydrogen-bond donors (Lipinski definition) is 1. The molecule has 7 nitrogen and oxygen atoms in total. The predicted molar refractivity (Wildman–Crippen MR) is 93.6 cm³/mol. The number of amides is 1. The maximum atomic E-state index is 12.8. The Morgan fingerprint density at radius 3 is 2.42 bits per heavy atom. The molecule has 9 heteroatoms. The van der Waals surface area contributed by atoms with Gasteiger partial charge in [-0.1, -0.05) is 0 Å². The summed E-state index contributed by atoms with van der Waals surface area (Å²) in [5, 5.41) is 0. The van der Waals surface area contributed by atoms with Gasteiger partial charge in [0.05, 0.1) is 17.4 Å². The SMILES string of the molecule is COC(CN)CC(=O)N1CCN(S(=O)(=O)c2cc(C)sc2C)CC1. The van der Waals surface area contributed by atoms with E-state index in [-0.39, 0.29) is 25.0 Å². The summed E-state index contributed by atoms with van der Waals surface area (Å²) in [5.41, 5.74) is 5.54. The van der Waals surface area contributed by atoms with Gasteiger partial charge in [-0.3, -0.25) is 4.79 Å². The number of ether oxygens (including phenoxy) is 1. The van der Waals surface area contributed by atoms with Crippen molar-refractivity contribution in [1.29, 1.82) is 0 Å². The van der Waals surface area contributed by atoms with Crippen LogP contribution < -0.4 is 5.73 Å². The van der Waals surface area contributed by atoms with E-state index in [0.717, 1.165) is 9.75 Å². The highest BCUT2D eigenvalue weighted by molar-refractivity contribution is 7.89. The Hall–Kier alpha value is -1.00. The molecular weight excluding hydrogens is 350 g/mol. The van der Waals surface area contributed by atoms with E-state index in [2.05, 4.69) is 0 Å². The van der Waals surface area contributed by atoms with E-state index in [1.165, 1.54) is 22.8 Å². The third-order valence-electron chi connectivity index (χ3n) is 4.20. The highest BCUT2D eigenvalue weighted by Gasteiger charge is 2.32. The molecule has 0 spiro atoms. The fourth-order valence-electron chi connectivity index (χ4n) is 2.77. The molecule has 24 heavy (non-hydrogen) atoms. The smallest absolute Gasteiger partial charge is 0.244 e. The minimum Gasteiger partial charge on any atom is -0.380 e. The fourth-order valence-corrected chi connectivity index (χ4v) is 5.71. The Balaban J connectivity index is 1.99. The molecule has 2 rings (SSSR count). The van der Waals surface area contributed by atoms with E-state index >= 15 is 0 Å². The van der Waals surface area contributed by atoms with Crippen LogP contribution in [0.4, 0.5) is 0 Å². The number of piperazine rings is 1. The van der Waals surface area contributed by atoms with Crippen LogP contribution in [0.15, 0.2) is 11.0 Å². The van der Waals surface area contributed by atoms with Crippen LogP contribution in [0.3, 0.4) is 0 Å². The van der Waals surface area contributed by atoms with Gasteiger partial charge in [-0.05, 0) is 19.9 Å². The Morgan fingerprint density at radius 1 is 1.33 bits per heavy atom. The molecule has 1 amide bonds. The maximum absolute atomic E-state index is 12.8. The van der Waals surface area contributed by atoms with E-state index in [1.54, 1.807) is 11.0 Å². The van der Waals surface area contributed by atoms with Crippen molar-refractivity contribution >= 4 is 27.3 Å². The molecule has 1 aliphatic heterocycles. The number of carbonyl (C=O) groups is 1. The molecule has 1 atom stereocenters. The number of sulfonamides is 1. The molecule has 1 unspecified atom stereocenters. The van der Waals surface area contributed by atoms with E-state index in [0.29, 0.717) is 31.1 Å². The average molecular weight is 376 g/mol. The first-order chi connectivity index (χ1) is 11.3. The molecular formula is C15H25N3O4S2. The molecule has 0 bridgehead atoms. The standard InChI is InChI=1S/C15H25N3O4S2/c1-11-8-14(12(2)23-11)24(20,21)18-6-4-17(5-7-18)15(19)9-13(10-16)22-3/h8,13H,4-7,9-10,16H2,1-3H3. The van der Waals surface area contributed by atoms with Crippen LogP contribution in [-0.2, 0) is 19.6 Å². The molecule has 1 aromatic rings. The first-order valence-corrected chi connectivity index (χ1v) is 10.1. The van der Waals surface area contributed by atoms with Crippen molar-refractivity contribution in [2.24, 2.45) is 5.73 Å². The van der Waals surface area contributed by atoms with Gasteiger partial charge in [0.1, 0.15) is 0 Å². The quantitative estimate of drug-likeness (QED) is 0.784. The number of hydrogen-bond acceptors (Lipinski definition) is 6. The van der Waals surface area contributed by atoms with Crippen LogP contribution in [0.1, 0.15) is 16.2 Å². The van der Waals surface area contributed by atoms with E-state index in [9.17, 15) is 13.2 Å². The van der Waals surface area contributed by atoms with Crippen LogP contribution in [0.2, 0.25) is 0 Å². The summed E-state index contributed by atoms with van der Waals surface area (Å²) in [4.78, 5) is 16.1. The van der Waals surface area contributed by atoms with E-state index in [1.807, 2.05) is 13.8 Å². The average Bonchev–Trinajstić information content (AvgIpc) is 2.91. The second-order valence-electron chi connectivity index (χ2n) is 5.86. The topological polar surface area (TPSA) is 92.9 Å². The van der Waals surface area contributed by atoms with Crippen LogP contribution in [0.25, 0.3) is 0 Å². The Bertz CT molecular complexity index is 675. The van der Waals surface area contributed by atoms with Gasteiger partial charge >= 0.3 is 0 Å². The number of nitrogens with two attached hydrogens (primary N) is 1. The minimum atomic E-state index is -3.49. The molecule has 136 valence electrons. The lowest BCUT2D eigenvalue weighted by molar-refractivity contribution is -0.134. The number of thiophene rings is 1. The highest BCUT2D eigenvalue weighted by atomic mass is 32.2. The molecule has 0 radical (unpaired) electrons. The zero-order valence-electron chi connectivity index (χ0n) is 14.3. The van der Waals surface area contributed by atoms with Crippen LogP contribution in [0, 0.1) is 13.8 Å². The summed E-state index contributed by atoms with van der Waals surface area (Å²) in [6.45, 7) is 5.40. The molecule has 0 aromatic carbocycles. The van der Waals surface area contributed by atoms with Gasteiger partial charge in [0.25, 0.3) is 0 Å². The van der Waals surface area contributed by atoms with Crippen molar-refractivity contribution in [1.82, 2.24) is 9.21 Å². The number of rotatable bonds is 6. The Labute approximate surface area is 147 Å². The summed E-state index contributed by atoms with van der Waals surface area (Å²) in [7, 11) is -1.96. The van der Waals surface area contributed by atoms with Gasteiger partial charge < -0.3 is 15.4 Å². The summed E-state index contributed by atoms with van der Waals surface area (Å²) in [6, 6.07) is 1.72. The Kier molecular flexibility index (Phi) is 6.38. The van der Waals surface area contributed by atoms with Crippen LogP contribution >= 0.6 is 11.3 Å². The highest BCUT2D eigenvalue weighted by Crippen LogP contribution is 2.28. The zero-order chi connectivity index (χ0) is 17.9. The summed E-state index contributed by atoms with van der Waals surface area (Å²) >= 11 is 1.48. The van der Waals surface area contributed by atoms with Gasteiger partial charge in [0.15, 0.2) is 0 Å². The molecule has 1 saturated heterocycles. The minimum absolute atomic E-state index is 0.0492. The van der Waals surface area contributed by atoms with Crippen molar-refractivity contribution in [2.75, 3.05) is 39.8 Å². The lowest BCUT2D eigenvalue weighted by Gasteiger charge is -2.34. The van der Waals surface area contributed by atoms with Crippen molar-refractivity contribution in [3.05, 3.63) is 15.8 Å². The number of methoxy groups -OCH3 is 1. The van der Waals surface area contributed by atoms with Crippen molar-refractivity contribution < 1.29 is 17.9 Å². The maximum Gasteiger partial charge on any atom is 0.244 e. The van der Waals surface area contributed by atoms with Gasteiger partial charge in [-0.15, -0.1) is 11.3 Å². The lowest BCUT2D eigenvalue weighted by atomic mass is 10.2. The van der Waals surface area contributed by atoms with Crippen molar-refractivity contribution in [3.63, 3.8) is 0 Å². The largest absolute Gasteiger partial charge is 0.380 e. The summed E-state index contributed by atoms with van der Waals surface area (Å²) in [6.07, 6.45) is -0.0709. The van der Waals surface area contributed by atoms with Gasteiger partial charge in [0.2, 0.25) is 15.9 Å². The molecule has 0 aliphatic carbocycles. The molecule has 2 heterocycles. The van der Waals surface area contributed by atoms with Crippen LogP contribution in [0.5, 0.6) is 0 Å². The first-order valence-electron chi connectivity index (χ1n) is 7.87. The molecule has 0 saturated carbocycles. The van der Waals surface area contributed by atoms with E-state index < -0.39 is 10.0 Å². The third-order valence-corrected chi connectivity index (χ3v) is 7.32. The van der Waals surface area contributed by atoms with Crippen molar-refractivity contribution in [3.8, 4) is 0 Å². The number of carbonyl (C=O) groups excluding carboxylic acids is 1. The molecule has 1 fully saturated rings. The van der Waals surface area contributed by atoms with Gasteiger partial charge in [-0.25, -0.2) is 8.42 Å².